The van der Waals surface area contributed by atoms with Crippen LogP contribution in [0.5, 0.6) is 11.6 Å². The van der Waals surface area contributed by atoms with Crippen molar-refractivity contribution in [3.05, 3.63) is 54.9 Å². The summed E-state index contributed by atoms with van der Waals surface area (Å²) < 4.78 is 11.5. The second-order valence-corrected chi connectivity index (χ2v) is 6.16. The van der Waals surface area contributed by atoms with Gasteiger partial charge in [0.2, 0.25) is 5.88 Å². The third kappa shape index (κ3) is 4.03. The van der Waals surface area contributed by atoms with Crippen molar-refractivity contribution >= 4 is 16.6 Å². The number of ether oxygens (including phenoxy) is 2. The van der Waals surface area contributed by atoms with Crippen molar-refractivity contribution in [2.75, 3.05) is 44.3 Å². The molecule has 1 aliphatic rings. The van der Waals surface area contributed by atoms with Crippen molar-refractivity contribution in [3.63, 3.8) is 0 Å². The van der Waals surface area contributed by atoms with E-state index >= 15 is 0 Å². The zero-order chi connectivity index (χ0) is 17.6. The SMILES string of the molecule is c1ccc2cc(OCCOc3cncc(N4CCNCC4)n3)ccc2c1. The number of nitrogens with one attached hydrogen (secondary N) is 1. The average molecular weight is 350 g/mol. The molecule has 0 spiro atoms. The normalized spacial score (nSPS) is 14.4. The van der Waals surface area contributed by atoms with Crippen LogP contribution < -0.4 is 19.7 Å². The van der Waals surface area contributed by atoms with Crippen LogP contribution in [0.2, 0.25) is 0 Å². The molecular weight excluding hydrogens is 328 g/mol. The molecule has 1 N–H and O–H groups in total. The fourth-order valence-electron chi connectivity index (χ4n) is 3.02. The summed E-state index contributed by atoms with van der Waals surface area (Å²) in [6.45, 7) is 4.68. The van der Waals surface area contributed by atoms with E-state index in [0.717, 1.165) is 37.7 Å². The molecule has 6 heteroatoms. The minimum Gasteiger partial charge on any atom is -0.490 e. The van der Waals surface area contributed by atoms with Crippen molar-refractivity contribution in [2.45, 2.75) is 0 Å². The van der Waals surface area contributed by atoms with E-state index in [1.807, 2.05) is 24.3 Å². The Morgan fingerprint density at radius 2 is 1.73 bits per heavy atom. The lowest BCUT2D eigenvalue weighted by Crippen LogP contribution is -2.43. The van der Waals surface area contributed by atoms with Crippen LogP contribution in [0, 0.1) is 0 Å². The van der Waals surface area contributed by atoms with Crippen LogP contribution in [0.15, 0.2) is 54.9 Å². The van der Waals surface area contributed by atoms with E-state index in [9.17, 15) is 0 Å². The van der Waals surface area contributed by atoms with Gasteiger partial charge >= 0.3 is 0 Å². The number of fused-ring (bicyclic) bond motifs is 1. The Balaban J connectivity index is 1.30. The first-order valence-corrected chi connectivity index (χ1v) is 8.91. The minimum absolute atomic E-state index is 0.423. The molecule has 2 heterocycles. The molecule has 6 nitrogen and oxygen atoms in total. The summed E-state index contributed by atoms with van der Waals surface area (Å²) in [4.78, 5) is 11.0. The van der Waals surface area contributed by atoms with Gasteiger partial charge in [0.05, 0.1) is 12.4 Å². The molecule has 0 radical (unpaired) electrons. The van der Waals surface area contributed by atoms with Gasteiger partial charge in [-0.25, -0.2) is 0 Å². The van der Waals surface area contributed by atoms with Crippen LogP contribution >= 0.6 is 0 Å². The molecule has 1 saturated heterocycles. The Bertz CT molecular complexity index is 865. The van der Waals surface area contributed by atoms with Gasteiger partial charge in [-0.15, -0.1) is 0 Å². The summed E-state index contributed by atoms with van der Waals surface area (Å²) >= 11 is 0. The maximum atomic E-state index is 5.79. The Hall–Kier alpha value is -2.86. The van der Waals surface area contributed by atoms with Crippen LogP contribution in [0.3, 0.4) is 0 Å². The fourth-order valence-corrected chi connectivity index (χ4v) is 3.02. The molecular formula is C20H22N4O2. The number of hydrogen-bond donors (Lipinski definition) is 1. The second-order valence-electron chi connectivity index (χ2n) is 6.16. The predicted molar refractivity (Wildman–Crippen MR) is 102 cm³/mol. The molecule has 0 saturated carbocycles. The zero-order valence-electron chi connectivity index (χ0n) is 14.6. The van der Waals surface area contributed by atoms with Crippen molar-refractivity contribution < 1.29 is 9.47 Å². The monoisotopic (exact) mass is 350 g/mol. The number of aromatic nitrogens is 2. The van der Waals surface area contributed by atoms with Gasteiger partial charge in [0.1, 0.15) is 19.0 Å². The highest BCUT2D eigenvalue weighted by Gasteiger charge is 2.12. The third-order valence-corrected chi connectivity index (χ3v) is 4.36. The van der Waals surface area contributed by atoms with E-state index in [0.29, 0.717) is 19.1 Å². The van der Waals surface area contributed by atoms with Gasteiger partial charge in [-0.05, 0) is 22.9 Å². The van der Waals surface area contributed by atoms with E-state index in [1.54, 1.807) is 12.4 Å². The Morgan fingerprint density at radius 1 is 0.923 bits per heavy atom. The van der Waals surface area contributed by atoms with Gasteiger partial charge in [0.25, 0.3) is 0 Å². The number of anilines is 1. The number of benzene rings is 2. The molecule has 0 bridgehead atoms. The number of hydrogen-bond acceptors (Lipinski definition) is 6. The number of piperazine rings is 1. The first kappa shape index (κ1) is 16.6. The summed E-state index contributed by atoms with van der Waals surface area (Å²) in [6, 6.07) is 14.3. The molecule has 1 fully saturated rings. The van der Waals surface area contributed by atoms with Gasteiger partial charge in [-0.3, -0.25) is 4.98 Å². The molecule has 1 aromatic heterocycles. The van der Waals surface area contributed by atoms with Crippen molar-refractivity contribution in [1.82, 2.24) is 15.3 Å². The van der Waals surface area contributed by atoms with E-state index < -0.39 is 0 Å². The molecule has 1 aliphatic heterocycles. The maximum Gasteiger partial charge on any atom is 0.234 e. The van der Waals surface area contributed by atoms with Gasteiger partial charge in [-0.1, -0.05) is 30.3 Å². The van der Waals surface area contributed by atoms with Crippen LogP contribution in [-0.2, 0) is 0 Å². The lowest BCUT2D eigenvalue weighted by molar-refractivity contribution is 0.211. The summed E-state index contributed by atoms with van der Waals surface area (Å²) in [5.74, 6) is 2.23. The molecule has 0 amide bonds. The van der Waals surface area contributed by atoms with Gasteiger partial charge in [0.15, 0.2) is 5.82 Å². The maximum absolute atomic E-state index is 5.79. The van der Waals surface area contributed by atoms with Crippen LogP contribution in [-0.4, -0.2) is 49.4 Å². The molecule has 26 heavy (non-hydrogen) atoms. The highest BCUT2D eigenvalue weighted by atomic mass is 16.5. The first-order valence-electron chi connectivity index (χ1n) is 8.91. The highest BCUT2D eigenvalue weighted by Crippen LogP contribution is 2.20. The molecule has 0 unspecified atom stereocenters. The predicted octanol–water partition coefficient (Wildman–Crippen LogP) is 2.50. The summed E-state index contributed by atoms with van der Waals surface area (Å²) in [5, 5.41) is 5.70. The van der Waals surface area contributed by atoms with Crippen LogP contribution in [0.1, 0.15) is 0 Å². The third-order valence-electron chi connectivity index (χ3n) is 4.36. The van der Waals surface area contributed by atoms with Crippen molar-refractivity contribution in [3.8, 4) is 11.6 Å². The van der Waals surface area contributed by atoms with E-state index in [2.05, 4.69) is 38.4 Å². The first-order chi connectivity index (χ1) is 12.9. The van der Waals surface area contributed by atoms with Gasteiger partial charge in [-0.2, -0.15) is 4.98 Å². The molecule has 0 aliphatic carbocycles. The Kier molecular flexibility index (Phi) is 5.12. The molecule has 2 aromatic carbocycles. The minimum atomic E-state index is 0.423. The van der Waals surface area contributed by atoms with Gasteiger partial charge < -0.3 is 19.7 Å². The molecule has 134 valence electrons. The largest absolute Gasteiger partial charge is 0.490 e. The molecule has 4 rings (SSSR count). The summed E-state index contributed by atoms with van der Waals surface area (Å²) in [6.07, 6.45) is 3.42. The molecule has 3 aromatic rings. The lowest BCUT2D eigenvalue weighted by Gasteiger charge is -2.28. The van der Waals surface area contributed by atoms with E-state index in [4.69, 9.17) is 9.47 Å². The summed E-state index contributed by atoms with van der Waals surface area (Å²) in [5.41, 5.74) is 0. The smallest absolute Gasteiger partial charge is 0.234 e. The lowest BCUT2D eigenvalue weighted by atomic mass is 10.1. The summed E-state index contributed by atoms with van der Waals surface area (Å²) in [7, 11) is 0. The van der Waals surface area contributed by atoms with Crippen LogP contribution in [0.4, 0.5) is 5.82 Å². The number of rotatable bonds is 6. The Morgan fingerprint density at radius 3 is 2.62 bits per heavy atom. The fraction of sp³-hybridized carbons (Fsp3) is 0.300. The number of nitrogens with zero attached hydrogens (tertiary/aromatic N) is 3. The van der Waals surface area contributed by atoms with Crippen molar-refractivity contribution in [1.29, 1.82) is 0 Å². The van der Waals surface area contributed by atoms with E-state index in [1.165, 1.54) is 10.8 Å². The van der Waals surface area contributed by atoms with Gasteiger partial charge in [0, 0.05) is 26.2 Å². The molecule has 0 atom stereocenters. The van der Waals surface area contributed by atoms with E-state index in [-0.39, 0.29) is 0 Å². The quantitative estimate of drug-likeness (QED) is 0.690. The average Bonchev–Trinajstić information content (AvgIpc) is 2.72. The zero-order valence-corrected chi connectivity index (χ0v) is 14.6. The van der Waals surface area contributed by atoms with Crippen LogP contribution in [0.25, 0.3) is 10.8 Å². The second kappa shape index (κ2) is 8.01. The standard InChI is InChI=1S/C20H22N4O2/c1-2-4-17-13-18(6-5-16(17)3-1)25-11-12-26-20-15-22-14-19(23-20)24-9-7-21-8-10-24/h1-6,13-15,21H,7-12H2. The highest BCUT2D eigenvalue weighted by molar-refractivity contribution is 5.83. The topological polar surface area (TPSA) is 59.5 Å². The Labute approximate surface area is 152 Å². The van der Waals surface area contributed by atoms with Crippen molar-refractivity contribution in [2.24, 2.45) is 0 Å².